The predicted molar refractivity (Wildman–Crippen MR) is 102 cm³/mol. The number of nitrogens with one attached hydrogen (secondary N) is 1. The highest BCUT2D eigenvalue weighted by Gasteiger charge is 2.33. The molecule has 1 fully saturated rings. The molecule has 8 heteroatoms. The summed E-state index contributed by atoms with van der Waals surface area (Å²) in [6.07, 6.45) is 2.08. The zero-order valence-corrected chi connectivity index (χ0v) is 15.9. The van der Waals surface area contributed by atoms with Crippen LogP contribution in [0.1, 0.15) is 22.5 Å². The Morgan fingerprint density at radius 1 is 1.27 bits per heavy atom. The fraction of sp³-hybridized carbons (Fsp3) is 0.333. The van der Waals surface area contributed by atoms with Crippen molar-refractivity contribution < 1.29 is 13.2 Å². The summed E-state index contributed by atoms with van der Waals surface area (Å²) in [5.74, 6) is -0.108. The normalized spacial score (nSPS) is 18.5. The third-order valence-electron chi connectivity index (χ3n) is 4.47. The van der Waals surface area contributed by atoms with Crippen molar-refractivity contribution in [2.75, 3.05) is 23.9 Å². The standard InChI is InChI=1S/C18H20ClN3O3S/c1-22(16-8-9-26(24,25)12-16)18(23)17-7-6-15(11-21-17)20-10-13-2-4-14(19)5-3-13/h2-7,11,16,20H,8-10,12H2,1H3. The average molecular weight is 394 g/mol. The first-order valence-electron chi connectivity index (χ1n) is 8.26. The lowest BCUT2D eigenvalue weighted by Crippen LogP contribution is -2.38. The predicted octanol–water partition coefficient (Wildman–Crippen LogP) is 2.61. The molecule has 2 heterocycles. The molecular weight excluding hydrogens is 374 g/mol. The third kappa shape index (κ3) is 4.53. The first-order valence-corrected chi connectivity index (χ1v) is 10.5. The summed E-state index contributed by atoms with van der Waals surface area (Å²) < 4.78 is 23.2. The molecule has 6 nitrogen and oxygen atoms in total. The lowest BCUT2D eigenvalue weighted by atomic mass is 10.2. The van der Waals surface area contributed by atoms with Crippen LogP contribution in [0.2, 0.25) is 5.02 Å². The molecule has 1 aliphatic heterocycles. The fourth-order valence-corrected chi connectivity index (χ4v) is 4.76. The summed E-state index contributed by atoms with van der Waals surface area (Å²) in [4.78, 5) is 18.2. The minimum absolute atomic E-state index is 0.0238. The molecule has 3 rings (SSSR count). The minimum Gasteiger partial charge on any atom is -0.380 e. The maximum absolute atomic E-state index is 12.5. The van der Waals surface area contributed by atoms with Gasteiger partial charge in [0.05, 0.1) is 23.4 Å². The number of nitrogens with zero attached hydrogens (tertiary/aromatic N) is 2. The Bertz CT molecular complexity index is 883. The zero-order chi connectivity index (χ0) is 18.7. The number of pyridine rings is 1. The van der Waals surface area contributed by atoms with Crippen LogP contribution in [0.25, 0.3) is 0 Å². The van der Waals surface area contributed by atoms with Crippen molar-refractivity contribution in [1.29, 1.82) is 0 Å². The average Bonchev–Trinajstić information content (AvgIpc) is 3.00. The van der Waals surface area contributed by atoms with Gasteiger partial charge in [-0.25, -0.2) is 13.4 Å². The van der Waals surface area contributed by atoms with E-state index in [-0.39, 0.29) is 23.5 Å². The third-order valence-corrected chi connectivity index (χ3v) is 6.47. The van der Waals surface area contributed by atoms with Gasteiger partial charge in [0.2, 0.25) is 0 Å². The van der Waals surface area contributed by atoms with Gasteiger partial charge in [0.1, 0.15) is 5.69 Å². The Kier molecular flexibility index (Phi) is 5.48. The maximum Gasteiger partial charge on any atom is 0.272 e. The van der Waals surface area contributed by atoms with Crippen molar-refractivity contribution in [3.8, 4) is 0 Å². The first kappa shape index (κ1) is 18.7. The maximum atomic E-state index is 12.5. The molecule has 1 N–H and O–H groups in total. The molecular formula is C18H20ClN3O3S. The molecule has 26 heavy (non-hydrogen) atoms. The number of halogens is 1. The van der Waals surface area contributed by atoms with Crippen molar-refractivity contribution in [1.82, 2.24) is 9.88 Å². The summed E-state index contributed by atoms with van der Waals surface area (Å²) in [6.45, 7) is 0.617. The van der Waals surface area contributed by atoms with Crippen LogP contribution in [0.3, 0.4) is 0 Å². The molecule has 1 saturated heterocycles. The molecule has 1 aromatic heterocycles. The van der Waals surface area contributed by atoms with Gasteiger partial charge in [-0.05, 0) is 36.2 Å². The molecule has 0 spiro atoms. The van der Waals surface area contributed by atoms with Gasteiger partial charge in [0.15, 0.2) is 9.84 Å². The Hall–Kier alpha value is -2.12. The number of hydrogen-bond donors (Lipinski definition) is 1. The first-order chi connectivity index (χ1) is 12.3. The molecule has 0 saturated carbocycles. The van der Waals surface area contributed by atoms with Crippen LogP contribution >= 0.6 is 11.6 Å². The highest BCUT2D eigenvalue weighted by molar-refractivity contribution is 7.91. The number of carbonyl (C=O) groups excluding carboxylic acids is 1. The zero-order valence-electron chi connectivity index (χ0n) is 14.4. The van der Waals surface area contributed by atoms with E-state index >= 15 is 0 Å². The van der Waals surface area contributed by atoms with E-state index in [0.29, 0.717) is 23.7 Å². The van der Waals surface area contributed by atoms with Crippen molar-refractivity contribution in [2.45, 2.75) is 19.0 Å². The highest BCUT2D eigenvalue weighted by Crippen LogP contribution is 2.19. The van der Waals surface area contributed by atoms with E-state index in [4.69, 9.17) is 11.6 Å². The van der Waals surface area contributed by atoms with Crippen LogP contribution in [0.4, 0.5) is 5.69 Å². The number of hydrogen-bond acceptors (Lipinski definition) is 5. The van der Waals surface area contributed by atoms with Crippen molar-refractivity contribution >= 4 is 33.0 Å². The fourth-order valence-electron chi connectivity index (χ4n) is 2.86. The second-order valence-corrected chi connectivity index (χ2v) is 9.05. The molecule has 138 valence electrons. The lowest BCUT2D eigenvalue weighted by Gasteiger charge is -2.23. The quantitative estimate of drug-likeness (QED) is 0.844. The van der Waals surface area contributed by atoms with Gasteiger partial charge >= 0.3 is 0 Å². The second-order valence-electron chi connectivity index (χ2n) is 6.39. The monoisotopic (exact) mass is 393 g/mol. The Morgan fingerprint density at radius 2 is 2.00 bits per heavy atom. The second kappa shape index (κ2) is 7.63. The molecule has 0 aliphatic carbocycles. The number of sulfone groups is 1. The highest BCUT2D eigenvalue weighted by atomic mass is 35.5. The number of benzene rings is 1. The molecule has 2 aromatic rings. The molecule has 1 unspecified atom stereocenters. The van der Waals surface area contributed by atoms with Gasteiger partial charge < -0.3 is 10.2 Å². The lowest BCUT2D eigenvalue weighted by molar-refractivity contribution is 0.0742. The van der Waals surface area contributed by atoms with E-state index in [1.807, 2.05) is 24.3 Å². The van der Waals surface area contributed by atoms with Gasteiger partial charge in [-0.3, -0.25) is 4.79 Å². The topological polar surface area (TPSA) is 79.4 Å². The van der Waals surface area contributed by atoms with Crippen LogP contribution in [0.15, 0.2) is 42.6 Å². The molecule has 1 aliphatic rings. The van der Waals surface area contributed by atoms with Crippen LogP contribution in [0, 0.1) is 0 Å². The molecule has 0 radical (unpaired) electrons. The Balaban J connectivity index is 1.59. The summed E-state index contributed by atoms with van der Waals surface area (Å²) >= 11 is 5.86. The van der Waals surface area contributed by atoms with E-state index in [9.17, 15) is 13.2 Å². The van der Waals surface area contributed by atoms with E-state index in [0.717, 1.165) is 11.3 Å². The van der Waals surface area contributed by atoms with Gasteiger partial charge in [-0.15, -0.1) is 0 Å². The van der Waals surface area contributed by atoms with Crippen molar-refractivity contribution in [2.24, 2.45) is 0 Å². The summed E-state index contributed by atoms with van der Waals surface area (Å²) in [6, 6.07) is 10.7. The van der Waals surface area contributed by atoms with Crippen LogP contribution in [0.5, 0.6) is 0 Å². The number of anilines is 1. The number of aromatic nitrogens is 1. The molecule has 1 amide bonds. The molecule has 1 atom stereocenters. The van der Waals surface area contributed by atoms with Gasteiger partial charge in [0.25, 0.3) is 5.91 Å². The van der Waals surface area contributed by atoms with E-state index in [1.165, 1.54) is 4.90 Å². The number of carbonyl (C=O) groups is 1. The van der Waals surface area contributed by atoms with Crippen LogP contribution < -0.4 is 5.32 Å². The summed E-state index contributed by atoms with van der Waals surface area (Å²) in [5, 5.41) is 3.92. The Morgan fingerprint density at radius 3 is 2.58 bits per heavy atom. The SMILES string of the molecule is CN(C(=O)c1ccc(NCc2ccc(Cl)cc2)cn1)C1CCS(=O)(=O)C1. The van der Waals surface area contributed by atoms with Gasteiger partial charge in [-0.1, -0.05) is 23.7 Å². The summed E-state index contributed by atoms with van der Waals surface area (Å²) in [7, 11) is -1.40. The van der Waals surface area contributed by atoms with E-state index in [1.54, 1.807) is 25.4 Å². The van der Waals surface area contributed by atoms with Gasteiger partial charge in [-0.2, -0.15) is 0 Å². The van der Waals surface area contributed by atoms with Crippen molar-refractivity contribution in [3.63, 3.8) is 0 Å². The molecule has 1 aromatic carbocycles. The van der Waals surface area contributed by atoms with Crippen LogP contribution in [-0.4, -0.2) is 48.8 Å². The summed E-state index contributed by atoms with van der Waals surface area (Å²) in [5.41, 5.74) is 2.17. The minimum atomic E-state index is -3.03. The molecule has 0 bridgehead atoms. The largest absolute Gasteiger partial charge is 0.380 e. The van der Waals surface area contributed by atoms with Crippen LogP contribution in [-0.2, 0) is 16.4 Å². The number of amides is 1. The van der Waals surface area contributed by atoms with Crippen molar-refractivity contribution in [3.05, 3.63) is 58.9 Å². The Labute approximate surface area is 158 Å². The van der Waals surface area contributed by atoms with Gasteiger partial charge in [0, 0.05) is 24.7 Å². The smallest absolute Gasteiger partial charge is 0.272 e. The van der Waals surface area contributed by atoms with E-state index < -0.39 is 9.84 Å². The van der Waals surface area contributed by atoms with E-state index in [2.05, 4.69) is 10.3 Å². The number of rotatable bonds is 5.